The average molecular weight is 448 g/mol. The maximum absolute atomic E-state index is 13.9. The lowest BCUT2D eigenvalue weighted by atomic mass is 9.97. The number of aromatic nitrogens is 1. The van der Waals surface area contributed by atoms with Gasteiger partial charge in [-0.3, -0.25) is 4.79 Å². The zero-order valence-electron chi connectivity index (χ0n) is 17.9. The van der Waals surface area contributed by atoms with Crippen LogP contribution in [0.15, 0.2) is 54.6 Å². The molecular formula is C26H22F2N2O3. The minimum Gasteiger partial charge on any atom is -0.508 e. The Morgan fingerprint density at radius 3 is 2.48 bits per heavy atom. The summed E-state index contributed by atoms with van der Waals surface area (Å²) in [4.78, 5) is 17.4. The van der Waals surface area contributed by atoms with Gasteiger partial charge in [-0.25, -0.2) is 13.8 Å². The van der Waals surface area contributed by atoms with Crippen LogP contribution < -0.4 is 5.32 Å². The summed E-state index contributed by atoms with van der Waals surface area (Å²) in [5.41, 5.74) is 1.48. The summed E-state index contributed by atoms with van der Waals surface area (Å²) in [7, 11) is 0. The van der Waals surface area contributed by atoms with Crippen molar-refractivity contribution < 1.29 is 23.8 Å². The maximum atomic E-state index is 13.9. The van der Waals surface area contributed by atoms with Crippen LogP contribution in [0.3, 0.4) is 0 Å². The van der Waals surface area contributed by atoms with Gasteiger partial charge >= 0.3 is 0 Å². The number of aliphatic hydroxyl groups excluding tert-OH is 1. The Kier molecular flexibility index (Phi) is 6.12. The van der Waals surface area contributed by atoms with E-state index in [-0.39, 0.29) is 29.0 Å². The predicted octanol–water partition coefficient (Wildman–Crippen LogP) is 4.02. The minimum absolute atomic E-state index is 0.00606. The first-order chi connectivity index (χ1) is 15.8. The van der Waals surface area contributed by atoms with E-state index in [4.69, 9.17) is 0 Å². The van der Waals surface area contributed by atoms with Crippen LogP contribution in [-0.4, -0.2) is 27.7 Å². The number of hydrogen-bond acceptors (Lipinski definition) is 4. The number of halogens is 2. The summed E-state index contributed by atoms with van der Waals surface area (Å²) in [6.45, 7) is 1.73. The molecular weight excluding hydrogens is 426 g/mol. The van der Waals surface area contributed by atoms with Crippen molar-refractivity contribution in [2.75, 3.05) is 6.61 Å². The van der Waals surface area contributed by atoms with Gasteiger partial charge in [0.2, 0.25) is 0 Å². The lowest BCUT2D eigenvalue weighted by Gasteiger charge is -2.21. The summed E-state index contributed by atoms with van der Waals surface area (Å²) in [5, 5.41) is 22.5. The summed E-state index contributed by atoms with van der Waals surface area (Å²) >= 11 is 0. The van der Waals surface area contributed by atoms with Crippen LogP contribution in [0.5, 0.6) is 5.75 Å². The molecule has 0 spiro atoms. The number of phenolic OH excluding ortho intramolecular Hbond substituents is 1. The Bertz CT molecular complexity index is 1260. The molecule has 1 fully saturated rings. The summed E-state index contributed by atoms with van der Waals surface area (Å²) in [5.74, 6) is 4.25. The van der Waals surface area contributed by atoms with Crippen LogP contribution in [0.25, 0.3) is 0 Å². The van der Waals surface area contributed by atoms with Gasteiger partial charge in [-0.2, -0.15) is 0 Å². The molecule has 168 valence electrons. The van der Waals surface area contributed by atoms with Gasteiger partial charge in [0.05, 0.1) is 18.1 Å². The van der Waals surface area contributed by atoms with Crippen LogP contribution in [0, 0.1) is 35.8 Å². The second-order valence-corrected chi connectivity index (χ2v) is 8.23. The number of rotatable bonds is 5. The Morgan fingerprint density at radius 1 is 1.12 bits per heavy atom. The van der Waals surface area contributed by atoms with Crippen molar-refractivity contribution in [1.29, 1.82) is 0 Å². The van der Waals surface area contributed by atoms with Crippen LogP contribution in [-0.2, 0) is 0 Å². The quantitative estimate of drug-likeness (QED) is 0.515. The van der Waals surface area contributed by atoms with E-state index in [9.17, 15) is 23.8 Å². The standard InChI is InChI=1S/C26H22F2N2O3/c1-16-12-17(8-9-26(15-31)10-11-26)13-22(29-16)25(33)30-24(18-2-4-19(27)5-3-18)21-14-20(28)6-7-23(21)32/h2-7,12-14,24,31-32H,10-11,15H2,1H3,(H,30,33)/t24-/m1/s1. The molecule has 3 N–H and O–H groups in total. The van der Waals surface area contributed by atoms with Gasteiger partial charge in [0, 0.05) is 16.8 Å². The first-order valence-electron chi connectivity index (χ1n) is 10.5. The zero-order chi connectivity index (χ0) is 23.6. The van der Waals surface area contributed by atoms with Crippen molar-refractivity contribution in [2.24, 2.45) is 5.41 Å². The number of nitrogens with zero attached hydrogens (tertiary/aromatic N) is 1. The van der Waals surface area contributed by atoms with E-state index >= 15 is 0 Å². The molecule has 1 aliphatic carbocycles. The number of aromatic hydroxyl groups is 1. The summed E-state index contributed by atoms with van der Waals surface area (Å²) < 4.78 is 27.4. The number of nitrogens with one attached hydrogen (secondary N) is 1. The van der Waals surface area contributed by atoms with Gasteiger partial charge in [0.25, 0.3) is 5.91 Å². The number of aryl methyl sites for hydroxylation is 1. The molecule has 33 heavy (non-hydrogen) atoms. The number of pyridine rings is 1. The number of carbonyl (C=O) groups is 1. The van der Waals surface area contributed by atoms with E-state index in [0.717, 1.165) is 25.0 Å². The maximum Gasteiger partial charge on any atom is 0.270 e. The van der Waals surface area contributed by atoms with E-state index in [1.54, 1.807) is 13.0 Å². The molecule has 0 saturated heterocycles. The van der Waals surface area contributed by atoms with E-state index in [2.05, 4.69) is 22.1 Å². The van der Waals surface area contributed by atoms with Crippen molar-refractivity contribution in [2.45, 2.75) is 25.8 Å². The SMILES string of the molecule is Cc1cc(C#CC2(CO)CC2)cc(C(=O)N[C@H](c2ccc(F)cc2)c2cc(F)ccc2O)n1. The van der Waals surface area contributed by atoms with Gasteiger partial charge < -0.3 is 15.5 Å². The molecule has 5 nitrogen and oxygen atoms in total. The molecule has 0 unspecified atom stereocenters. The molecule has 0 bridgehead atoms. The molecule has 1 atom stereocenters. The number of amides is 1. The second kappa shape index (κ2) is 9.00. The van der Waals surface area contributed by atoms with Crippen LogP contribution >= 0.6 is 0 Å². The number of carbonyl (C=O) groups excluding carboxylic acids is 1. The highest BCUT2D eigenvalue weighted by Crippen LogP contribution is 2.44. The molecule has 1 aliphatic rings. The van der Waals surface area contributed by atoms with Crippen molar-refractivity contribution in [3.8, 4) is 17.6 Å². The fourth-order valence-electron chi connectivity index (χ4n) is 3.49. The third kappa shape index (κ3) is 5.18. The minimum atomic E-state index is -0.949. The van der Waals surface area contributed by atoms with Crippen molar-refractivity contribution >= 4 is 5.91 Å². The number of aliphatic hydroxyl groups is 1. The highest BCUT2D eigenvalue weighted by molar-refractivity contribution is 5.93. The topological polar surface area (TPSA) is 82.5 Å². The number of hydrogen-bond donors (Lipinski definition) is 3. The van der Waals surface area contributed by atoms with Crippen LogP contribution in [0.2, 0.25) is 0 Å². The predicted molar refractivity (Wildman–Crippen MR) is 118 cm³/mol. The molecule has 1 heterocycles. The molecule has 7 heteroatoms. The molecule has 1 aromatic heterocycles. The van der Waals surface area contributed by atoms with Crippen molar-refractivity contribution in [1.82, 2.24) is 10.3 Å². The molecule has 0 radical (unpaired) electrons. The highest BCUT2D eigenvalue weighted by atomic mass is 19.1. The zero-order valence-corrected chi connectivity index (χ0v) is 17.9. The first kappa shape index (κ1) is 22.4. The van der Waals surface area contributed by atoms with E-state index in [1.807, 2.05) is 0 Å². The van der Waals surface area contributed by atoms with Gasteiger partial charge in [0.1, 0.15) is 23.1 Å². The van der Waals surface area contributed by atoms with Gasteiger partial charge in [-0.15, -0.1) is 0 Å². The molecule has 1 amide bonds. The molecule has 4 rings (SSSR count). The molecule has 0 aliphatic heterocycles. The van der Waals surface area contributed by atoms with Gasteiger partial charge in [0.15, 0.2) is 0 Å². The van der Waals surface area contributed by atoms with E-state index in [1.165, 1.54) is 36.4 Å². The average Bonchev–Trinajstić information content (AvgIpc) is 3.59. The van der Waals surface area contributed by atoms with Crippen LogP contribution in [0.1, 0.15) is 51.8 Å². The van der Waals surface area contributed by atoms with Gasteiger partial charge in [-0.05, 0) is 67.8 Å². The van der Waals surface area contributed by atoms with Crippen molar-refractivity contribution in [3.63, 3.8) is 0 Å². The lowest BCUT2D eigenvalue weighted by molar-refractivity contribution is 0.0937. The van der Waals surface area contributed by atoms with Crippen LogP contribution in [0.4, 0.5) is 8.78 Å². The highest BCUT2D eigenvalue weighted by Gasteiger charge is 2.40. The molecule has 1 saturated carbocycles. The largest absolute Gasteiger partial charge is 0.508 e. The van der Waals surface area contributed by atoms with E-state index < -0.39 is 23.6 Å². The smallest absolute Gasteiger partial charge is 0.270 e. The summed E-state index contributed by atoms with van der Waals surface area (Å²) in [6, 6.07) is 11.1. The Balaban J connectivity index is 1.67. The third-order valence-electron chi connectivity index (χ3n) is 5.59. The molecule has 2 aromatic carbocycles. The summed E-state index contributed by atoms with van der Waals surface area (Å²) in [6.07, 6.45) is 1.68. The van der Waals surface area contributed by atoms with Gasteiger partial charge in [-0.1, -0.05) is 24.0 Å². The number of phenols is 1. The normalized spacial score (nSPS) is 14.7. The monoisotopic (exact) mass is 448 g/mol. The lowest BCUT2D eigenvalue weighted by Crippen LogP contribution is -2.30. The number of benzene rings is 2. The Hall–Kier alpha value is -3.76. The third-order valence-corrected chi connectivity index (χ3v) is 5.59. The Morgan fingerprint density at radius 2 is 1.82 bits per heavy atom. The molecule has 3 aromatic rings. The van der Waals surface area contributed by atoms with E-state index in [0.29, 0.717) is 16.8 Å². The second-order valence-electron chi connectivity index (χ2n) is 8.23. The Labute approximate surface area is 190 Å². The van der Waals surface area contributed by atoms with Crippen molar-refractivity contribution in [3.05, 3.63) is 94.3 Å². The first-order valence-corrected chi connectivity index (χ1v) is 10.5. The fourth-order valence-corrected chi connectivity index (χ4v) is 3.49. The fraction of sp³-hybridized carbons (Fsp3) is 0.231.